The van der Waals surface area contributed by atoms with Gasteiger partial charge in [0, 0.05) is 33.8 Å². The number of carbonyl (C=O) groups is 1. The van der Waals surface area contributed by atoms with E-state index in [0.29, 0.717) is 13.1 Å². The van der Waals surface area contributed by atoms with E-state index in [-0.39, 0.29) is 12.1 Å². The number of hydrogen-bond donors (Lipinski definition) is 2. The highest BCUT2D eigenvalue weighted by Crippen LogP contribution is 2.17. The predicted molar refractivity (Wildman–Crippen MR) is 79.3 cm³/mol. The molecule has 1 saturated heterocycles. The topological polar surface area (TPSA) is 75.8 Å². The summed E-state index contributed by atoms with van der Waals surface area (Å²) in [6.45, 7) is 8.58. The molecule has 0 aliphatic carbocycles. The maximum absolute atomic E-state index is 11.2. The van der Waals surface area contributed by atoms with Crippen molar-refractivity contribution >= 4 is 14.2 Å². The van der Waals surface area contributed by atoms with Crippen molar-refractivity contribution in [2.24, 2.45) is 5.73 Å². The molecule has 3 N–H and O–H groups in total. The van der Waals surface area contributed by atoms with Crippen molar-refractivity contribution < 1.29 is 14.6 Å². The van der Waals surface area contributed by atoms with Gasteiger partial charge in [0.2, 0.25) is 0 Å². The van der Waals surface area contributed by atoms with Crippen LogP contribution in [0.25, 0.3) is 0 Å². The van der Waals surface area contributed by atoms with Crippen LogP contribution in [0.2, 0.25) is 25.7 Å². The average molecular weight is 288 g/mol. The van der Waals surface area contributed by atoms with Crippen LogP contribution in [0.5, 0.6) is 0 Å². The Bertz CT molecular complexity index is 288. The molecule has 1 unspecified atom stereocenters. The minimum absolute atomic E-state index is 0.124. The van der Waals surface area contributed by atoms with Crippen LogP contribution in [0.3, 0.4) is 0 Å². The molecule has 0 aromatic carbocycles. The molecule has 1 aliphatic heterocycles. The van der Waals surface area contributed by atoms with Crippen LogP contribution in [0.4, 0.5) is 4.79 Å². The highest BCUT2D eigenvalue weighted by Gasteiger charge is 2.23. The molecule has 6 heteroatoms. The van der Waals surface area contributed by atoms with E-state index in [2.05, 4.69) is 19.6 Å². The lowest BCUT2D eigenvalue weighted by molar-refractivity contribution is 0.0917. The van der Waals surface area contributed by atoms with Gasteiger partial charge in [0.05, 0.1) is 6.10 Å². The lowest BCUT2D eigenvalue weighted by Crippen LogP contribution is -2.43. The first-order chi connectivity index (χ1) is 8.78. The second-order valence-electron chi connectivity index (χ2n) is 6.67. The summed E-state index contributed by atoms with van der Waals surface area (Å²) in [5.41, 5.74) is 6.06. The fraction of sp³-hybridized carbons (Fsp3) is 0.923. The predicted octanol–water partition coefficient (Wildman–Crippen LogP) is 2.20. The zero-order valence-electron chi connectivity index (χ0n) is 12.4. The molecule has 1 fully saturated rings. The zero-order chi connectivity index (χ0) is 14.5. The number of amides is 1. The number of rotatable bonds is 7. The first-order valence-corrected chi connectivity index (χ1v) is 10.8. The summed E-state index contributed by atoms with van der Waals surface area (Å²) in [7, 11) is -1.22. The second kappa shape index (κ2) is 7.26. The molecule has 0 bridgehead atoms. The van der Waals surface area contributed by atoms with Gasteiger partial charge in [0.15, 0.2) is 0 Å². The van der Waals surface area contributed by atoms with Gasteiger partial charge in [0.1, 0.15) is 0 Å². The molecule has 1 amide bonds. The Balaban J connectivity index is 2.36. The minimum atomic E-state index is -1.22. The van der Waals surface area contributed by atoms with Gasteiger partial charge < -0.3 is 20.5 Å². The summed E-state index contributed by atoms with van der Waals surface area (Å²) in [5.74, 6) is 0. The molecule has 0 radical (unpaired) electrons. The van der Waals surface area contributed by atoms with Gasteiger partial charge in [-0.2, -0.15) is 0 Å². The number of ether oxygens (including phenoxy) is 1. The fourth-order valence-corrected chi connectivity index (χ4v) is 3.20. The molecule has 0 spiro atoms. The quantitative estimate of drug-likeness (QED) is 0.704. The van der Waals surface area contributed by atoms with E-state index >= 15 is 0 Å². The van der Waals surface area contributed by atoms with Crippen molar-refractivity contribution in [3.63, 3.8) is 0 Å². The molecular formula is C13H28N2O3Si. The van der Waals surface area contributed by atoms with Crippen molar-refractivity contribution in [1.82, 2.24) is 4.90 Å². The summed E-state index contributed by atoms with van der Waals surface area (Å²) >= 11 is 0. The Hall–Kier alpha value is -0.593. The first-order valence-electron chi connectivity index (χ1n) is 7.13. The van der Waals surface area contributed by atoms with Gasteiger partial charge in [-0.3, -0.25) is 0 Å². The van der Waals surface area contributed by atoms with Gasteiger partial charge in [-0.15, -0.1) is 0 Å². The zero-order valence-corrected chi connectivity index (χ0v) is 13.4. The minimum Gasteiger partial charge on any atom is -0.465 e. The van der Waals surface area contributed by atoms with Crippen molar-refractivity contribution in [1.29, 1.82) is 0 Å². The number of nitrogens with zero attached hydrogens (tertiary/aromatic N) is 1. The SMILES string of the molecule is C[Si](C)(C)CCN(C[C@H](N)CC1CCCO1)C(=O)O. The van der Waals surface area contributed by atoms with Crippen LogP contribution in [0.1, 0.15) is 19.3 Å². The van der Waals surface area contributed by atoms with Crippen molar-refractivity contribution in [3.05, 3.63) is 0 Å². The fourth-order valence-electron chi connectivity index (χ4n) is 2.26. The van der Waals surface area contributed by atoms with Gasteiger partial charge in [-0.05, 0) is 25.3 Å². The third-order valence-electron chi connectivity index (χ3n) is 3.45. The third kappa shape index (κ3) is 6.94. The van der Waals surface area contributed by atoms with Crippen LogP contribution in [-0.4, -0.2) is 56.0 Å². The lowest BCUT2D eigenvalue weighted by atomic mass is 10.1. The van der Waals surface area contributed by atoms with Crippen molar-refractivity contribution in [2.75, 3.05) is 19.7 Å². The van der Waals surface area contributed by atoms with Crippen LogP contribution in [0, 0.1) is 0 Å². The highest BCUT2D eigenvalue weighted by atomic mass is 28.3. The van der Waals surface area contributed by atoms with Gasteiger partial charge >= 0.3 is 6.09 Å². The molecule has 0 aromatic heterocycles. The average Bonchev–Trinajstić information content (AvgIpc) is 2.75. The van der Waals surface area contributed by atoms with Crippen LogP contribution < -0.4 is 5.73 Å². The van der Waals surface area contributed by atoms with E-state index in [9.17, 15) is 9.90 Å². The monoisotopic (exact) mass is 288 g/mol. The Labute approximate surface area is 117 Å². The second-order valence-corrected chi connectivity index (χ2v) is 12.3. The summed E-state index contributed by atoms with van der Waals surface area (Å²) in [6.07, 6.45) is 2.27. The van der Waals surface area contributed by atoms with Crippen molar-refractivity contribution in [3.8, 4) is 0 Å². The lowest BCUT2D eigenvalue weighted by Gasteiger charge is -2.27. The number of carboxylic acid groups (broad SMARTS) is 1. The van der Waals surface area contributed by atoms with Crippen LogP contribution in [-0.2, 0) is 4.74 Å². The van der Waals surface area contributed by atoms with Crippen LogP contribution >= 0.6 is 0 Å². The molecule has 1 heterocycles. The maximum atomic E-state index is 11.2. The van der Waals surface area contributed by atoms with Crippen molar-refractivity contribution in [2.45, 2.75) is 57.1 Å². The molecule has 0 aromatic rings. The van der Waals surface area contributed by atoms with E-state index in [1.807, 2.05) is 0 Å². The molecular weight excluding hydrogens is 260 g/mol. The molecule has 112 valence electrons. The molecule has 1 aliphatic rings. The summed E-state index contributed by atoms with van der Waals surface area (Å²) in [6, 6.07) is 0.854. The van der Waals surface area contributed by atoms with E-state index in [1.165, 1.54) is 4.90 Å². The maximum Gasteiger partial charge on any atom is 0.407 e. The molecule has 2 atom stereocenters. The molecule has 5 nitrogen and oxygen atoms in total. The summed E-state index contributed by atoms with van der Waals surface area (Å²) < 4.78 is 5.54. The normalized spacial score (nSPS) is 21.4. The van der Waals surface area contributed by atoms with E-state index in [1.54, 1.807) is 0 Å². The summed E-state index contributed by atoms with van der Waals surface area (Å²) in [4.78, 5) is 12.7. The Kier molecular flexibility index (Phi) is 6.29. The third-order valence-corrected chi connectivity index (χ3v) is 5.17. The van der Waals surface area contributed by atoms with Gasteiger partial charge in [0.25, 0.3) is 0 Å². The summed E-state index contributed by atoms with van der Waals surface area (Å²) in [5, 5.41) is 9.23. The Morgan fingerprint density at radius 1 is 1.53 bits per heavy atom. The van der Waals surface area contributed by atoms with E-state index < -0.39 is 14.2 Å². The van der Waals surface area contributed by atoms with E-state index in [4.69, 9.17) is 10.5 Å². The van der Waals surface area contributed by atoms with Crippen LogP contribution in [0.15, 0.2) is 0 Å². The largest absolute Gasteiger partial charge is 0.465 e. The Morgan fingerprint density at radius 2 is 2.21 bits per heavy atom. The van der Waals surface area contributed by atoms with Gasteiger partial charge in [-0.25, -0.2) is 4.79 Å². The Morgan fingerprint density at radius 3 is 2.68 bits per heavy atom. The standard InChI is InChI=1S/C13H28N2O3Si/c1-19(2,3)8-6-15(13(16)17)10-11(14)9-12-5-4-7-18-12/h11-12H,4-10,14H2,1-3H3,(H,16,17)/t11-,12?/m1/s1. The number of nitrogens with two attached hydrogens (primary N) is 1. The first kappa shape index (κ1) is 16.5. The molecule has 19 heavy (non-hydrogen) atoms. The molecule has 1 rings (SSSR count). The molecule has 0 saturated carbocycles. The highest BCUT2D eigenvalue weighted by molar-refractivity contribution is 6.76. The smallest absolute Gasteiger partial charge is 0.407 e. The van der Waals surface area contributed by atoms with Gasteiger partial charge in [-0.1, -0.05) is 19.6 Å². The van der Waals surface area contributed by atoms with E-state index in [0.717, 1.165) is 31.9 Å². The number of hydrogen-bond acceptors (Lipinski definition) is 3.